The normalized spacial score (nSPS) is 18.4. The predicted octanol–water partition coefficient (Wildman–Crippen LogP) is 3.22. The SMILES string of the molecule is CCCCC(=O)N1CSCC1C(=O)NC(C)CCc1ccccc1. The van der Waals surface area contributed by atoms with Gasteiger partial charge in [-0.3, -0.25) is 9.59 Å². The van der Waals surface area contributed by atoms with Crippen LogP contribution in [-0.2, 0) is 16.0 Å². The molecule has 0 bridgehead atoms. The van der Waals surface area contributed by atoms with Crippen LogP contribution in [0.25, 0.3) is 0 Å². The summed E-state index contributed by atoms with van der Waals surface area (Å²) in [7, 11) is 0. The summed E-state index contributed by atoms with van der Waals surface area (Å²) in [4.78, 5) is 26.5. The first kappa shape index (κ1) is 18.8. The van der Waals surface area contributed by atoms with Gasteiger partial charge in [0.2, 0.25) is 11.8 Å². The fourth-order valence-corrected chi connectivity index (χ4v) is 4.00. The third-order valence-electron chi connectivity index (χ3n) is 4.35. The minimum atomic E-state index is -0.307. The molecule has 0 spiro atoms. The lowest BCUT2D eigenvalue weighted by Gasteiger charge is -2.25. The largest absolute Gasteiger partial charge is 0.352 e. The maximum atomic E-state index is 12.5. The molecule has 1 aliphatic heterocycles. The van der Waals surface area contributed by atoms with E-state index in [1.165, 1.54) is 5.56 Å². The zero-order valence-corrected chi connectivity index (χ0v) is 15.5. The molecule has 1 aromatic rings. The third kappa shape index (κ3) is 5.55. The van der Waals surface area contributed by atoms with Crippen molar-refractivity contribution < 1.29 is 9.59 Å². The summed E-state index contributed by atoms with van der Waals surface area (Å²) in [6, 6.07) is 10.1. The molecule has 1 saturated heterocycles. The second-order valence-corrected chi connectivity index (χ2v) is 7.42. The fourth-order valence-electron chi connectivity index (χ4n) is 2.82. The molecule has 2 atom stereocenters. The Labute approximate surface area is 149 Å². The van der Waals surface area contributed by atoms with Crippen LogP contribution >= 0.6 is 11.8 Å². The van der Waals surface area contributed by atoms with E-state index in [9.17, 15) is 9.59 Å². The van der Waals surface area contributed by atoms with Gasteiger partial charge in [0, 0.05) is 18.2 Å². The van der Waals surface area contributed by atoms with Crippen LogP contribution in [0.2, 0.25) is 0 Å². The summed E-state index contributed by atoms with van der Waals surface area (Å²) in [6.45, 7) is 4.11. The van der Waals surface area contributed by atoms with Gasteiger partial charge in [-0.2, -0.15) is 0 Å². The predicted molar refractivity (Wildman–Crippen MR) is 99.9 cm³/mol. The third-order valence-corrected chi connectivity index (χ3v) is 5.36. The molecule has 0 aliphatic carbocycles. The Balaban J connectivity index is 1.80. The van der Waals surface area contributed by atoms with E-state index in [1.807, 2.05) is 25.1 Å². The molecule has 132 valence electrons. The quantitative estimate of drug-likeness (QED) is 0.785. The molecule has 24 heavy (non-hydrogen) atoms. The van der Waals surface area contributed by atoms with Gasteiger partial charge in [0.25, 0.3) is 0 Å². The zero-order valence-electron chi connectivity index (χ0n) is 14.7. The molecular formula is C19H28N2O2S. The number of carbonyl (C=O) groups excluding carboxylic acids is 2. The van der Waals surface area contributed by atoms with Crippen LogP contribution in [0.4, 0.5) is 0 Å². The van der Waals surface area contributed by atoms with E-state index in [1.54, 1.807) is 16.7 Å². The molecule has 0 radical (unpaired) electrons. The molecule has 0 aromatic heterocycles. The van der Waals surface area contributed by atoms with E-state index >= 15 is 0 Å². The molecule has 4 nitrogen and oxygen atoms in total. The van der Waals surface area contributed by atoms with Gasteiger partial charge in [-0.15, -0.1) is 11.8 Å². The number of thioether (sulfide) groups is 1. The number of carbonyl (C=O) groups is 2. The molecule has 2 amide bonds. The van der Waals surface area contributed by atoms with Crippen LogP contribution in [0.1, 0.15) is 45.1 Å². The van der Waals surface area contributed by atoms with Gasteiger partial charge in [-0.1, -0.05) is 43.7 Å². The van der Waals surface area contributed by atoms with Gasteiger partial charge >= 0.3 is 0 Å². The van der Waals surface area contributed by atoms with Gasteiger partial charge in [0.15, 0.2) is 0 Å². The smallest absolute Gasteiger partial charge is 0.243 e. The molecule has 1 heterocycles. The topological polar surface area (TPSA) is 49.4 Å². The monoisotopic (exact) mass is 348 g/mol. The Bertz CT molecular complexity index is 535. The van der Waals surface area contributed by atoms with Gasteiger partial charge in [-0.05, 0) is 31.7 Å². The van der Waals surface area contributed by atoms with E-state index in [0.29, 0.717) is 18.1 Å². The van der Waals surface area contributed by atoms with Crippen molar-refractivity contribution in [3.8, 4) is 0 Å². The minimum Gasteiger partial charge on any atom is -0.352 e. The van der Waals surface area contributed by atoms with Crippen molar-refractivity contribution in [1.29, 1.82) is 0 Å². The average molecular weight is 349 g/mol. The van der Waals surface area contributed by atoms with E-state index in [-0.39, 0.29) is 23.9 Å². The lowest BCUT2D eigenvalue weighted by Crippen LogP contribution is -2.49. The summed E-state index contributed by atoms with van der Waals surface area (Å²) in [5.41, 5.74) is 1.28. The lowest BCUT2D eigenvalue weighted by molar-refractivity contribution is -0.138. The first-order valence-electron chi connectivity index (χ1n) is 8.83. The second kappa shape index (κ2) is 9.72. The highest BCUT2D eigenvalue weighted by Crippen LogP contribution is 2.22. The van der Waals surface area contributed by atoms with Crippen molar-refractivity contribution in [1.82, 2.24) is 10.2 Å². The summed E-state index contributed by atoms with van der Waals surface area (Å²) in [5, 5.41) is 3.09. The van der Waals surface area contributed by atoms with E-state index in [4.69, 9.17) is 0 Å². The van der Waals surface area contributed by atoms with Crippen molar-refractivity contribution >= 4 is 23.6 Å². The average Bonchev–Trinajstić information content (AvgIpc) is 3.08. The Morgan fingerprint density at radius 3 is 2.79 bits per heavy atom. The number of nitrogens with zero attached hydrogens (tertiary/aromatic N) is 1. The van der Waals surface area contributed by atoms with E-state index in [0.717, 1.165) is 25.7 Å². The van der Waals surface area contributed by atoms with Gasteiger partial charge in [-0.25, -0.2) is 0 Å². The molecule has 1 fully saturated rings. The van der Waals surface area contributed by atoms with Crippen LogP contribution in [0.5, 0.6) is 0 Å². The Morgan fingerprint density at radius 1 is 1.33 bits per heavy atom. The summed E-state index contributed by atoms with van der Waals surface area (Å²) in [6.07, 6.45) is 4.28. The maximum absolute atomic E-state index is 12.5. The number of nitrogens with one attached hydrogen (secondary N) is 1. The van der Waals surface area contributed by atoms with Crippen molar-refractivity contribution in [2.45, 2.75) is 58.0 Å². The van der Waals surface area contributed by atoms with Crippen LogP contribution in [0.15, 0.2) is 30.3 Å². The number of unbranched alkanes of at least 4 members (excludes halogenated alkanes) is 1. The van der Waals surface area contributed by atoms with Crippen molar-refractivity contribution in [3.63, 3.8) is 0 Å². The van der Waals surface area contributed by atoms with E-state index < -0.39 is 0 Å². The van der Waals surface area contributed by atoms with Gasteiger partial charge in [0.05, 0.1) is 5.88 Å². The fraction of sp³-hybridized carbons (Fsp3) is 0.579. The molecule has 0 saturated carbocycles. The Kier molecular flexibility index (Phi) is 7.63. The highest BCUT2D eigenvalue weighted by atomic mass is 32.2. The molecule has 1 N–H and O–H groups in total. The highest BCUT2D eigenvalue weighted by molar-refractivity contribution is 7.99. The second-order valence-electron chi connectivity index (χ2n) is 6.42. The summed E-state index contributed by atoms with van der Waals surface area (Å²) < 4.78 is 0. The summed E-state index contributed by atoms with van der Waals surface area (Å²) >= 11 is 1.66. The van der Waals surface area contributed by atoms with Crippen LogP contribution in [0.3, 0.4) is 0 Å². The first-order chi connectivity index (χ1) is 11.6. The lowest BCUT2D eigenvalue weighted by atomic mass is 10.1. The molecule has 1 aliphatic rings. The maximum Gasteiger partial charge on any atom is 0.243 e. The van der Waals surface area contributed by atoms with E-state index in [2.05, 4.69) is 24.4 Å². The molecule has 5 heteroatoms. The molecule has 2 rings (SSSR count). The number of hydrogen-bond acceptors (Lipinski definition) is 3. The number of rotatable bonds is 8. The number of benzene rings is 1. The van der Waals surface area contributed by atoms with Gasteiger partial charge in [0.1, 0.15) is 6.04 Å². The van der Waals surface area contributed by atoms with Crippen molar-refractivity contribution in [3.05, 3.63) is 35.9 Å². The summed E-state index contributed by atoms with van der Waals surface area (Å²) in [5.74, 6) is 1.44. The van der Waals surface area contributed by atoms with Crippen LogP contribution in [0, 0.1) is 0 Å². The molecule has 1 aromatic carbocycles. The molecule has 2 unspecified atom stereocenters. The van der Waals surface area contributed by atoms with Crippen LogP contribution < -0.4 is 5.32 Å². The number of amides is 2. The minimum absolute atomic E-state index is 0.00888. The first-order valence-corrected chi connectivity index (χ1v) is 9.98. The Morgan fingerprint density at radius 2 is 2.08 bits per heavy atom. The number of aryl methyl sites for hydroxylation is 1. The zero-order chi connectivity index (χ0) is 17.4. The highest BCUT2D eigenvalue weighted by Gasteiger charge is 2.34. The van der Waals surface area contributed by atoms with Gasteiger partial charge < -0.3 is 10.2 Å². The Hall–Kier alpha value is -1.49. The number of hydrogen-bond donors (Lipinski definition) is 1. The van der Waals surface area contributed by atoms with Crippen LogP contribution in [-0.4, -0.2) is 40.4 Å². The standard InChI is InChI=1S/C19H28N2O2S/c1-3-4-10-18(22)21-14-24-13-17(21)19(23)20-15(2)11-12-16-8-6-5-7-9-16/h5-9,15,17H,3-4,10-14H2,1-2H3,(H,20,23). The van der Waals surface area contributed by atoms with Crippen molar-refractivity contribution in [2.75, 3.05) is 11.6 Å². The molecular weight excluding hydrogens is 320 g/mol. The van der Waals surface area contributed by atoms with Crippen molar-refractivity contribution in [2.24, 2.45) is 0 Å².